The number of hydrogen-bond acceptors (Lipinski definition) is 2. The molecule has 1 unspecified atom stereocenters. The molecule has 0 amide bonds. The van der Waals surface area contributed by atoms with Crippen LogP contribution in [0.5, 0.6) is 0 Å². The van der Waals surface area contributed by atoms with Gasteiger partial charge in [0.05, 0.1) is 0 Å². The highest BCUT2D eigenvalue weighted by Crippen LogP contribution is 2.51. The fraction of sp³-hybridized carbons (Fsp3) is 0.750. The molecule has 0 aliphatic heterocycles. The van der Waals surface area contributed by atoms with Crippen molar-refractivity contribution in [2.45, 2.75) is 71.4 Å². The fourth-order valence-corrected chi connectivity index (χ4v) is 4.83. The zero-order chi connectivity index (χ0) is 12.6. The van der Waals surface area contributed by atoms with E-state index in [2.05, 4.69) is 25.2 Å². The largest absolute Gasteiger partial charge is 0.309 e. The molecule has 1 aromatic heterocycles. The van der Waals surface area contributed by atoms with Gasteiger partial charge >= 0.3 is 0 Å². The fourth-order valence-electron chi connectivity index (χ4n) is 3.83. The third-order valence-electron chi connectivity index (χ3n) is 5.26. The lowest BCUT2D eigenvalue weighted by atomic mass is 9.57. The Kier molecular flexibility index (Phi) is 3.50. The van der Waals surface area contributed by atoms with E-state index in [4.69, 9.17) is 0 Å². The van der Waals surface area contributed by atoms with Crippen LogP contribution in [-0.2, 0) is 6.54 Å². The molecule has 100 valence electrons. The van der Waals surface area contributed by atoms with Gasteiger partial charge in [-0.25, -0.2) is 0 Å². The van der Waals surface area contributed by atoms with Crippen LogP contribution in [0.1, 0.15) is 60.3 Å². The first-order valence-corrected chi connectivity index (χ1v) is 8.31. The minimum absolute atomic E-state index is 0.694. The van der Waals surface area contributed by atoms with E-state index in [0.29, 0.717) is 5.41 Å². The summed E-state index contributed by atoms with van der Waals surface area (Å²) in [4.78, 5) is 3.00. The molecule has 1 spiro atoms. The van der Waals surface area contributed by atoms with Crippen molar-refractivity contribution in [3.8, 4) is 0 Å². The summed E-state index contributed by atoms with van der Waals surface area (Å²) in [5.41, 5.74) is 2.15. The van der Waals surface area contributed by atoms with Crippen LogP contribution < -0.4 is 5.32 Å². The molecule has 2 fully saturated rings. The topological polar surface area (TPSA) is 12.0 Å². The Morgan fingerprint density at radius 1 is 1.22 bits per heavy atom. The zero-order valence-electron chi connectivity index (χ0n) is 11.7. The van der Waals surface area contributed by atoms with E-state index in [1.54, 1.807) is 0 Å². The molecule has 2 aliphatic rings. The summed E-state index contributed by atoms with van der Waals surface area (Å²) in [6.45, 7) is 5.54. The smallest absolute Gasteiger partial charge is 0.0302 e. The van der Waals surface area contributed by atoms with Gasteiger partial charge in [-0.15, -0.1) is 11.3 Å². The van der Waals surface area contributed by atoms with Crippen molar-refractivity contribution in [2.75, 3.05) is 0 Å². The summed E-state index contributed by atoms with van der Waals surface area (Å²) >= 11 is 1.96. The minimum Gasteiger partial charge on any atom is -0.309 e. The number of nitrogens with one attached hydrogen (secondary N) is 1. The van der Waals surface area contributed by atoms with E-state index >= 15 is 0 Å². The number of thiophene rings is 1. The molecule has 0 radical (unpaired) electrons. The van der Waals surface area contributed by atoms with Crippen molar-refractivity contribution in [1.29, 1.82) is 0 Å². The molecule has 2 saturated carbocycles. The molecule has 1 heterocycles. The summed E-state index contributed by atoms with van der Waals surface area (Å²) in [5.74, 6) is 0. The maximum Gasteiger partial charge on any atom is 0.0302 e. The summed E-state index contributed by atoms with van der Waals surface area (Å²) in [6, 6.07) is 3.17. The highest BCUT2D eigenvalue weighted by atomic mass is 32.1. The molecule has 1 aromatic rings. The first-order chi connectivity index (χ1) is 8.70. The average Bonchev–Trinajstić information content (AvgIpc) is 2.69. The van der Waals surface area contributed by atoms with Crippen LogP contribution in [0.4, 0.5) is 0 Å². The van der Waals surface area contributed by atoms with Gasteiger partial charge in [0, 0.05) is 22.3 Å². The van der Waals surface area contributed by atoms with Crippen LogP contribution in [0.3, 0.4) is 0 Å². The second-order valence-corrected chi connectivity index (χ2v) is 7.69. The first kappa shape index (κ1) is 12.7. The highest BCUT2D eigenvalue weighted by molar-refractivity contribution is 7.12. The van der Waals surface area contributed by atoms with Gasteiger partial charge in [0.15, 0.2) is 0 Å². The standard InChI is InChI=1S/C16H25NS/c1-12-10-14(18-13(12)2)11-17-15-6-9-16(15)7-4-3-5-8-16/h10,15,17H,3-9,11H2,1-2H3. The number of rotatable bonds is 3. The lowest BCUT2D eigenvalue weighted by molar-refractivity contribution is 0.0223. The van der Waals surface area contributed by atoms with E-state index in [-0.39, 0.29) is 0 Å². The van der Waals surface area contributed by atoms with E-state index in [0.717, 1.165) is 12.6 Å². The van der Waals surface area contributed by atoms with Crippen LogP contribution in [0.2, 0.25) is 0 Å². The van der Waals surface area contributed by atoms with Crippen molar-refractivity contribution in [1.82, 2.24) is 5.32 Å². The molecule has 0 bridgehead atoms. The monoisotopic (exact) mass is 263 g/mol. The van der Waals surface area contributed by atoms with E-state index in [1.807, 2.05) is 11.3 Å². The molecule has 3 rings (SSSR count). The second kappa shape index (κ2) is 4.97. The van der Waals surface area contributed by atoms with Gasteiger partial charge in [-0.1, -0.05) is 19.3 Å². The Bertz CT molecular complexity index is 395. The number of aryl methyl sites for hydroxylation is 2. The summed E-state index contributed by atoms with van der Waals surface area (Å²) < 4.78 is 0. The third kappa shape index (κ3) is 2.25. The highest BCUT2D eigenvalue weighted by Gasteiger charge is 2.46. The molecule has 2 aliphatic carbocycles. The Balaban J connectivity index is 1.57. The first-order valence-electron chi connectivity index (χ1n) is 7.49. The maximum atomic E-state index is 3.85. The SMILES string of the molecule is Cc1cc(CNC2CCC23CCCCC3)sc1C. The van der Waals surface area contributed by atoms with Crippen molar-refractivity contribution in [3.05, 3.63) is 21.4 Å². The molecule has 0 saturated heterocycles. The Labute approximate surface area is 115 Å². The Hall–Kier alpha value is -0.340. The lowest BCUT2D eigenvalue weighted by Gasteiger charge is -2.52. The molecule has 1 atom stereocenters. The quantitative estimate of drug-likeness (QED) is 0.842. The van der Waals surface area contributed by atoms with E-state index in [9.17, 15) is 0 Å². The third-order valence-corrected chi connectivity index (χ3v) is 6.41. The van der Waals surface area contributed by atoms with Gasteiger partial charge in [-0.2, -0.15) is 0 Å². The van der Waals surface area contributed by atoms with Crippen molar-refractivity contribution < 1.29 is 0 Å². The van der Waals surface area contributed by atoms with Crippen molar-refractivity contribution >= 4 is 11.3 Å². The Morgan fingerprint density at radius 3 is 2.56 bits per heavy atom. The van der Waals surface area contributed by atoms with Crippen LogP contribution in [0.25, 0.3) is 0 Å². The summed E-state index contributed by atoms with van der Waals surface area (Å²) in [6.07, 6.45) is 10.2. The predicted octanol–water partition coefficient (Wildman–Crippen LogP) is 4.57. The van der Waals surface area contributed by atoms with Gasteiger partial charge < -0.3 is 5.32 Å². The molecule has 0 aromatic carbocycles. The average molecular weight is 263 g/mol. The van der Waals surface area contributed by atoms with Crippen LogP contribution in [-0.4, -0.2) is 6.04 Å². The lowest BCUT2D eigenvalue weighted by Crippen LogP contribution is -2.53. The summed E-state index contributed by atoms with van der Waals surface area (Å²) in [5, 5.41) is 3.85. The second-order valence-electron chi connectivity index (χ2n) is 6.35. The minimum atomic E-state index is 0.694. The van der Waals surface area contributed by atoms with Crippen molar-refractivity contribution in [2.24, 2.45) is 5.41 Å². The maximum absolute atomic E-state index is 3.85. The van der Waals surface area contributed by atoms with Crippen LogP contribution in [0, 0.1) is 19.3 Å². The summed E-state index contributed by atoms with van der Waals surface area (Å²) in [7, 11) is 0. The molecule has 1 nitrogen and oxygen atoms in total. The number of hydrogen-bond donors (Lipinski definition) is 1. The molecule has 2 heteroatoms. The van der Waals surface area contributed by atoms with Gasteiger partial charge in [0.1, 0.15) is 0 Å². The van der Waals surface area contributed by atoms with E-state index < -0.39 is 0 Å². The molecule has 18 heavy (non-hydrogen) atoms. The molecule has 1 N–H and O–H groups in total. The molecular weight excluding hydrogens is 238 g/mol. The molecular formula is C16H25NS. The zero-order valence-corrected chi connectivity index (χ0v) is 12.5. The van der Waals surface area contributed by atoms with Gasteiger partial charge in [0.25, 0.3) is 0 Å². The van der Waals surface area contributed by atoms with Crippen LogP contribution >= 0.6 is 11.3 Å². The normalized spacial score (nSPS) is 26.2. The van der Waals surface area contributed by atoms with Gasteiger partial charge in [0.2, 0.25) is 0 Å². The van der Waals surface area contributed by atoms with E-state index in [1.165, 1.54) is 60.3 Å². The van der Waals surface area contributed by atoms with Gasteiger partial charge in [-0.3, -0.25) is 0 Å². The van der Waals surface area contributed by atoms with Gasteiger partial charge in [-0.05, 0) is 56.6 Å². The Morgan fingerprint density at radius 2 is 2.00 bits per heavy atom. The predicted molar refractivity (Wildman–Crippen MR) is 79.2 cm³/mol. The van der Waals surface area contributed by atoms with Crippen LogP contribution in [0.15, 0.2) is 6.07 Å². The van der Waals surface area contributed by atoms with Crippen molar-refractivity contribution in [3.63, 3.8) is 0 Å².